The van der Waals surface area contributed by atoms with Crippen LogP contribution in [0.1, 0.15) is 0 Å². The molecule has 3 rings (SSSR count). The van der Waals surface area contributed by atoms with Crippen molar-refractivity contribution in [3.05, 3.63) is 54.1 Å². The number of nitrogens with zero attached hydrogens (tertiary/aromatic N) is 4. The lowest BCUT2D eigenvalue weighted by atomic mass is 10.1. The third-order valence-corrected chi connectivity index (χ3v) is 2.81. The molecule has 0 fully saturated rings. The van der Waals surface area contributed by atoms with Crippen molar-refractivity contribution in [3.63, 3.8) is 0 Å². The molecule has 0 spiro atoms. The summed E-state index contributed by atoms with van der Waals surface area (Å²) in [5.74, 6) is 0.472. The Morgan fingerprint density at radius 1 is 1.05 bits per heavy atom. The molecule has 2 aromatic heterocycles. The fourth-order valence-corrected chi connectivity index (χ4v) is 1.82. The second kappa shape index (κ2) is 4.70. The number of nitrogens with two attached hydrogens (primary N) is 1. The predicted octanol–water partition coefficient (Wildman–Crippen LogP) is 2.56. The van der Waals surface area contributed by atoms with Crippen LogP contribution in [0.2, 0.25) is 5.02 Å². The molecule has 0 unspecified atom stereocenters. The second-order valence-corrected chi connectivity index (χ2v) is 4.44. The molecule has 0 atom stereocenters. The second-order valence-electron chi connectivity index (χ2n) is 4.00. The van der Waals surface area contributed by atoms with E-state index in [1.165, 1.54) is 12.4 Å². The minimum atomic E-state index is 0.472. The molecule has 2 heterocycles. The topological polar surface area (TPSA) is 69.6 Å². The summed E-state index contributed by atoms with van der Waals surface area (Å²) in [5, 5.41) is 4.72. The van der Waals surface area contributed by atoms with Crippen LogP contribution in [0.25, 0.3) is 17.1 Å². The molecule has 0 radical (unpaired) electrons. The van der Waals surface area contributed by atoms with Crippen LogP contribution in [0.3, 0.4) is 0 Å². The lowest BCUT2D eigenvalue weighted by Gasteiger charge is -1.99. The summed E-state index contributed by atoms with van der Waals surface area (Å²) in [7, 11) is 0. The van der Waals surface area contributed by atoms with Crippen LogP contribution in [0.15, 0.2) is 49.1 Å². The summed E-state index contributed by atoms with van der Waals surface area (Å²) >= 11 is 5.75. The summed E-state index contributed by atoms with van der Waals surface area (Å²) in [6, 6.07) is 7.61. The highest BCUT2D eigenvalue weighted by Gasteiger charge is 2.05. The normalized spacial score (nSPS) is 10.6. The van der Waals surface area contributed by atoms with Crippen LogP contribution >= 0.6 is 11.6 Å². The molecular weight excluding hydrogens is 262 g/mol. The van der Waals surface area contributed by atoms with Gasteiger partial charge < -0.3 is 5.73 Å². The van der Waals surface area contributed by atoms with Gasteiger partial charge in [-0.25, -0.2) is 14.6 Å². The number of anilines is 1. The van der Waals surface area contributed by atoms with Crippen molar-refractivity contribution in [2.75, 3.05) is 5.73 Å². The summed E-state index contributed by atoms with van der Waals surface area (Å²) < 4.78 is 1.59. The van der Waals surface area contributed by atoms with Gasteiger partial charge in [0.25, 0.3) is 5.95 Å². The number of halogens is 1. The van der Waals surface area contributed by atoms with E-state index in [-0.39, 0.29) is 0 Å². The van der Waals surface area contributed by atoms with E-state index in [0.717, 1.165) is 11.1 Å². The molecule has 0 bridgehead atoms. The van der Waals surface area contributed by atoms with Crippen LogP contribution in [-0.2, 0) is 0 Å². The number of rotatable bonds is 2. The molecule has 5 nitrogen and oxygen atoms in total. The molecule has 0 aliphatic rings. The Morgan fingerprint density at radius 2 is 1.84 bits per heavy atom. The quantitative estimate of drug-likeness (QED) is 0.727. The van der Waals surface area contributed by atoms with Crippen LogP contribution in [0.4, 0.5) is 5.69 Å². The first-order valence-corrected chi connectivity index (χ1v) is 5.99. The molecule has 6 heteroatoms. The van der Waals surface area contributed by atoms with Crippen molar-refractivity contribution >= 4 is 17.3 Å². The molecule has 0 saturated heterocycles. The van der Waals surface area contributed by atoms with Crippen molar-refractivity contribution in [1.29, 1.82) is 0 Å². The summed E-state index contributed by atoms with van der Waals surface area (Å²) in [5.41, 5.74) is 8.43. The third-order valence-electron chi connectivity index (χ3n) is 2.61. The third kappa shape index (κ3) is 2.41. The van der Waals surface area contributed by atoms with Gasteiger partial charge in [0.1, 0.15) is 0 Å². The van der Waals surface area contributed by atoms with Gasteiger partial charge in [-0.3, -0.25) is 0 Å². The minimum Gasteiger partial charge on any atom is -0.399 e. The molecular formula is C13H10ClN5. The van der Waals surface area contributed by atoms with E-state index in [4.69, 9.17) is 17.3 Å². The average molecular weight is 272 g/mol. The molecule has 0 aliphatic carbocycles. The maximum Gasteiger partial charge on any atom is 0.250 e. The van der Waals surface area contributed by atoms with E-state index < -0.39 is 0 Å². The average Bonchev–Trinajstić information content (AvgIpc) is 2.89. The Labute approximate surface area is 114 Å². The maximum atomic E-state index is 5.76. The molecule has 94 valence electrons. The zero-order valence-electron chi connectivity index (χ0n) is 9.86. The molecule has 0 saturated carbocycles. The van der Waals surface area contributed by atoms with E-state index in [2.05, 4.69) is 15.1 Å². The highest BCUT2D eigenvalue weighted by molar-refractivity contribution is 6.30. The monoisotopic (exact) mass is 271 g/mol. The summed E-state index contributed by atoms with van der Waals surface area (Å²) in [6.07, 6.45) is 6.66. The van der Waals surface area contributed by atoms with E-state index in [1.807, 2.05) is 30.5 Å². The minimum absolute atomic E-state index is 0.472. The van der Waals surface area contributed by atoms with Crippen LogP contribution < -0.4 is 5.73 Å². The van der Waals surface area contributed by atoms with Gasteiger partial charge in [0, 0.05) is 17.4 Å². The Balaban J connectivity index is 1.97. The zero-order chi connectivity index (χ0) is 13.2. The van der Waals surface area contributed by atoms with Crippen molar-refractivity contribution in [2.24, 2.45) is 0 Å². The van der Waals surface area contributed by atoms with Crippen molar-refractivity contribution in [2.45, 2.75) is 0 Å². The lowest BCUT2D eigenvalue weighted by Crippen LogP contribution is -2.00. The summed E-state index contributed by atoms with van der Waals surface area (Å²) in [6.45, 7) is 0. The SMILES string of the molecule is Nc1cccc(-c2cnn(-c3ncc(Cl)cn3)c2)c1. The Hall–Kier alpha value is -2.40. The number of benzene rings is 1. The van der Waals surface area contributed by atoms with Crippen molar-refractivity contribution < 1.29 is 0 Å². The standard InChI is InChI=1S/C13H10ClN5/c14-11-6-16-13(17-7-11)19-8-10(5-18-19)9-2-1-3-12(15)4-9/h1-8H,15H2. The Bertz CT molecular complexity index is 705. The smallest absolute Gasteiger partial charge is 0.250 e. The first kappa shape index (κ1) is 11.7. The van der Waals surface area contributed by atoms with Crippen LogP contribution in [-0.4, -0.2) is 19.7 Å². The first-order chi connectivity index (χ1) is 9.22. The van der Waals surface area contributed by atoms with Gasteiger partial charge in [-0.1, -0.05) is 23.7 Å². The van der Waals surface area contributed by atoms with Gasteiger partial charge in [-0.05, 0) is 17.7 Å². The van der Waals surface area contributed by atoms with E-state index in [9.17, 15) is 0 Å². The molecule has 2 N–H and O–H groups in total. The maximum absolute atomic E-state index is 5.76. The highest BCUT2D eigenvalue weighted by atomic mass is 35.5. The highest BCUT2D eigenvalue weighted by Crippen LogP contribution is 2.21. The van der Waals surface area contributed by atoms with E-state index >= 15 is 0 Å². The van der Waals surface area contributed by atoms with Gasteiger partial charge in [-0.15, -0.1) is 0 Å². The number of hydrogen-bond acceptors (Lipinski definition) is 4. The molecule has 0 aliphatic heterocycles. The predicted molar refractivity (Wildman–Crippen MR) is 74.0 cm³/mol. The molecule has 1 aromatic carbocycles. The Morgan fingerprint density at radius 3 is 2.58 bits per heavy atom. The molecule has 0 amide bonds. The lowest BCUT2D eigenvalue weighted by molar-refractivity contribution is 0.808. The van der Waals surface area contributed by atoms with Gasteiger partial charge in [-0.2, -0.15) is 5.10 Å². The zero-order valence-corrected chi connectivity index (χ0v) is 10.6. The fourth-order valence-electron chi connectivity index (χ4n) is 1.72. The molecule has 3 aromatic rings. The summed E-state index contributed by atoms with van der Waals surface area (Å²) in [4.78, 5) is 8.21. The van der Waals surface area contributed by atoms with Gasteiger partial charge in [0.2, 0.25) is 0 Å². The van der Waals surface area contributed by atoms with Gasteiger partial charge >= 0.3 is 0 Å². The number of aromatic nitrogens is 4. The first-order valence-electron chi connectivity index (χ1n) is 5.61. The fraction of sp³-hybridized carbons (Fsp3) is 0. The molecule has 19 heavy (non-hydrogen) atoms. The van der Waals surface area contributed by atoms with Gasteiger partial charge in [0.15, 0.2) is 0 Å². The van der Waals surface area contributed by atoms with Crippen LogP contribution in [0, 0.1) is 0 Å². The Kier molecular flexibility index (Phi) is 2.89. The van der Waals surface area contributed by atoms with Crippen molar-refractivity contribution in [1.82, 2.24) is 19.7 Å². The largest absolute Gasteiger partial charge is 0.399 e. The van der Waals surface area contributed by atoms with Gasteiger partial charge in [0.05, 0.1) is 23.6 Å². The van der Waals surface area contributed by atoms with Crippen molar-refractivity contribution in [3.8, 4) is 17.1 Å². The van der Waals surface area contributed by atoms with E-state index in [1.54, 1.807) is 10.9 Å². The van der Waals surface area contributed by atoms with Crippen LogP contribution in [0.5, 0.6) is 0 Å². The number of nitrogen functional groups attached to an aromatic ring is 1. The van der Waals surface area contributed by atoms with E-state index in [0.29, 0.717) is 16.7 Å². The number of hydrogen-bond donors (Lipinski definition) is 1.